The van der Waals surface area contributed by atoms with E-state index in [0.29, 0.717) is 17.4 Å². The molecule has 0 radical (unpaired) electrons. The normalized spacial score (nSPS) is 17.9. The summed E-state index contributed by atoms with van der Waals surface area (Å²) < 4.78 is 0. The van der Waals surface area contributed by atoms with Gasteiger partial charge >= 0.3 is 0 Å². The molecule has 0 atom stereocenters. The Balaban J connectivity index is 1.94. The highest BCUT2D eigenvalue weighted by Crippen LogP contribution is 2.22. The zero-order chi connectivity index (χ0) is 13.1. The first-order chi connectivity index (χ1) is 8.56. The van der Waals surface area contributed by atoms with Crippen molar-refractivity contribution >= 4 is 23.1 Å². The Hall–Kier alpha value is -1.07. The molecule has 0 bridgehead atoms. The Morgan fingerprint density at radius 2 is 2.06 bits per heavy atom. The quantitative estimate of drug-likeness (QED) is 0.819. The number of hydrogen-bond donors (Lipinski definition) is 2. The first-order valence-corrected chi connectivity index (χ1v) is 6.66. The van der Waals surface area contributed by atoms with Crippen LogP contribution >= 0.6 is 11.6 Å². The van der Waals surface area contributed by atoms with Crippen LogP contribution in [0, 0.1) is 12.8 Å². The van der Waals surface area contributed by atoms with E-state index in [-0.39, 0.29) is 5.28 Å². The molecule has 3 N–H and O–H groups in total. The van der Waals surface area contributed by atoms with Crippen LogP contribution in [0.3, 0.4) is 0 Å². The third kappa shape index (κ3) is 3.23. The van der Waals surface area contributed by atoms with E-state index in [1.165, 1.54) is 12.8 Å². The van der Waals surface area contributed by atoms with Crippen molar-refractivity contribution in [2.75, 3.05) is 37.7 Å². The standard InChI is InChI=1S/C12H20ClN5/c1-8-10(14)11(17-12(13)16-8)15-7-9-3-5-18(2)6-4-9/h9H,3-7,14H2,1-2H3,(H,15,16,17). The molecule has 18 heavy (non-hydrogen) atoms. The van der Waals surface area contributed by atoms with Crippen molar-refractivity contribution in [1.29, 1.82) is 0 Å². The summed E-state index contributed by atoms with van der Waals surface area (Å²) >= 11 is 5.84. The molecule has 2 rings (SSSR count). The van der Waals surface area contributed by atoms with Crippen molar-refractivity contribution in [3.05, 3.63) is 11.0 Å². The third-order valence-corrected chi connectivity index (χ3v) is 3.67. The molecule has 0 aliphatic carbocycles. The fourth-order valence-corrected chi connectivity index (χ4v) is 2.40. The van der Waals surface area contributed by atoms with Gasteiger partial charge in [-0.2, -0.15) is 4.98 Å². The second-order valence-electron chi connectivity index (χ2n) is 4.97. The Morgan fingerprint density at radius 3 is 2.72 bits per heavy atom. The van der Waals surface area contributed by atoms with Gasteiger partial charge in [0.25, 0.3) is 0 Å². The van der Waals surface area contributed by atoms with Gasteiger partial charge in [-0.1, -0.05) is 0 Å². The molecule has 1 aliphatic heterocycles. The van der Waals surface area contributed by atoms with E-state index in [1.807, 2.05) is 6.92 Å². The summed E-state index contributed by atoms with van der Waals surface area (Å²) in [6.07, 6.45) is 2.42. The smallest absolute Gasteiger partial charge is 0.224 e. The van der Waals surface area contributed by atoms with Crippen LogP contribution in [-0.2, 0) is 0 Å². The van der Waals surface area contributed by atoms with E-state index in [1.54, 1.807) is 0 Å². The molecule has 1 fully saturated rings. The van der Waals surface area contributed by atoms with Crippen LogP contribution in [0.5, 0.6) is 0 Å². The number of aryl methyl sites for hydroxylation is 1. The van der Waals surface area contributed by atoms with Gasteiger partial charge in [0, 0.05) is 6.54 Å². The molecular weight excluding hydrogens is 250 g/mol. The van der Waals surface area contributed by atoms with Crippen molar-refractivity contribution in [2.45, 2.75) is 19.8 Å². The summed E-state index contributed by atoms with van der Waals surface area (Å²) in [5.74, 6) is 1.33. The number of likely N-dealkylation sites (tertiary alicyclic amines) is 1. The van der Waals surface area contributed by atoms with Crippen LogP contribution in [0.2, 0.25) is 5.28 Å². The van der Waals surface area contributed by atoms with E-state index < -0.39 is 0 Å². The molecule has 1 aromatic rings. The number of nitrogens with zero attached hydrogens (tertiary/aromatic N) is 3. The van der Waals surface area contributed by atoms with Crippen molar-refractivity contribution in [3.8, 4) is 0 Å². The maximum absolute atomic E-state index is 5.93. The number of anilines is 2. The van der Waals surface area contributed by atoms with Crippen LogP contribution in [0.15, 0.2) is 0 Å². The Morgan fingerprint density at radius 1 is 1.39 bits per heavy atom. The summed E-state index contributed by atoms with van der Waals surface area (Å²) in [5.41, 5.74) is 7.25. The van der Waals surface area contributed by atoms with E-state index in [0.717, 1.165) is 25.3 Å². The first-order valence-electron chi connectivity index (χ1n) is 6.28. The van der Waals surface area contributed by atoms with Crippen LogP contribution in [0.1, 0.15) is 18.5 Å². The SMILES string of the molecule is Cc1nc(Cl)nc(NCC2CCN(C)CC2)c1N. The minimum absolute atomic E-state index is 0.243. The van der Waals surface area contributed by atoms with Gasteiger partial charge in [-0.15, -0.1) is 0 Å². The number of rotatable bonds is 3. The summed E-state index contributed by atoms with van der Waals surface area (Å²) in [4.78, 5) is 10.5. The van der Waals surface area contributed by atoms with Crippen LogP contribution in [-0.4, -0.2) is 41.5 Å². The van der Waals surface area contributed by atoms with Gasteiger partial charge in [-0.25, -0.2) is 4.98 Å². The van der Waals surface area contributed by atoms with Crippen molar-refractivity contribution in [1.82, 2.24) is 14.9 Å². The number of aromatic nitrogens is 2. The number of nitrogens with two attached hydrogens (primary N) is 1. The van der Waals surface area contributed by atoms with Gasteiger partial charge in [-0.05, 0) is 57.4 Å². The lowest BCUT2D eigenvalue weighted by Crippen LogP contribution is -2.33. The van der Waals surface area contributed by atoms with Crippen molar-refractivity contribution in [2.24, 2.45) is 5.92 Å². The van der Waals surface area contributed by atoms with Gasteiger partial charge in [-0.3, -0.25) is 0 Å². The van der Waals surface area contributed by atoms with Crippen LogP contribution < -0.4 is 11.1 Å². The number of hydrogen-bond acceptors (Lipinski definition) is 5. The molecular formula is C12H20ClN5. The molecule has 0 amide bonds. The molecule has 5 nitrogen and oxygen atoms in total. The summed E-state index contributed by atoms with van der Waals surface area (Å²) in [5, 5.41) is 3.54. The fourth-order valence-electron chi connectivity index (χ4n) is 2.19. The lowest BCUT2D eigenvalue weighted by Gasteiger charge is -2.29. The van der Waals surface area contributed by atoms with E-state index in [9.17, 15) is 0 Å². The van der Waals surface area contributed by atoms with E-state index >= 15 is 0 Å². The first kappa shape index (κ1) is 13.4. The number of halogens is 1. The van der Waals surface area contributed by atoms with Gasteiger partial charge in [0.05, 0.1) is 11.4 Å². The topological polar surface area (TPSA) is 67.1 Å². The highest BCUT2D eigenvalue weighted by Gasteiger charge is 2.17. The number of nitrogen functional groups attached to an aromatic ring is 1. The lowest BCUT2D eigenvalue weighted by molar-refractivity contribution is 0.226. The van der Waals surface area contributed by atoms with Gasteiger partial charge in [0.1, 0.15) is 0 Å². The molecule has 0 spiro atoms. The predicted octanol–water partition coefficient (Wildman–Crippen LogP) is 1.77. The summed E-state index contributed by atoms with van der Waals surface area (Å²) in [6.45, 7) is 5.05. The monoisotopic (exact) mass is 269 g/mol. The van der Waals surface area contributed by atoms with Gasteiger partial charge in [0.2, 0.25) is 5.28 Å². The molecule has 6 heteroatoms. The predicted molar refractivity (Wildman–Crippen MR) is 74.9 cm³/mol. The highest BCUT2D eigenvalue weighted by atomic mass is 35.5. The number of nitrogens with one attached hydrogen (secondary N) is 1. The minimum atomic E-state index is 0.243. The zero-order valence-corrected chi connectivity index (χ0v) is 11.7. The molecule has 0 saturated carbocycles. The molecule has 0 aromatic carbocycles. The maximum Gasteiger partial charge on any atom is 0.224 e. The Labute approximate surface area is 113 Å². The van der Waals surface area contributed by atoms with Gasteiger partial charge in [0.15, 0.2) is 5.82 Å². The fraction of sp³-hybridized carbons (Fsp3) is 0.667. The molecule has 1 saturated heterocycles. The van der Waals surface area contributed by atoms with Crippen molar-refractivity contribution in [3.63, 3.8) is 0 Å². The molecule has 100 valence electrons. The highest BCUT2D eigenvalue weighted by molar-refractivity contribution is 6.28. The third-order valence-electron chi connectivity index (χ3n) is 3.51. The Bertz CT molecular complexity index is 415. The average Bonchev–Trinajstić information content (AvgIpc) is 2.34. The number of piperidine rings is 1. The second kappa shape index (κ2) is 5.71. The largest absolute Gasteiger partial charge is 0.394 e. The Kier molecular flexibility index (Phi) is 4.24. The van der Waals surface area contributed by atoms with Gasteiger partial charge < -0.3 is 16.0 Å². The molecule has 1 aliphatic rings. The lowest BCUT2D eigenvalue weighted by atomic mass is 9.97. The molecule has 2 heterocycles. The van der Waals surface area contributed by atoms with E-state index in [4.69, 9.17) is 17.3 Å². The molecule has 1 aromatic heterocycles. The van der Waals surface area contributed by atoms with Crippen molar-refractivity contribution < 1.29 is 0 Å². The summed E-state index contributed by atoms with van der Waals surface area (Å²) in [7, 11) is 2.16. The zero-order valence-electron chi connectivity index (χ0n) is 10.9. The molecule has 0 unspecified atom stereocenters. The maximum atomic E-state index is 5.93. The van der Waals surface area contributed by atoms with Crippen LogP contribution in [0.25, 0.3) is 0 Å². The van der Waals surface area contributed by atoms with E-state index in [2.05, 4.69) is 27.2 Å². The average molecular weight is 270 g/mol. The minimum Gasteiger partial charge on any atom is -0.394 e. The summed E-state index contributed by atoms with van der Waals surface area (Å²) in [6, 6.07) is 0. The second-order valence-corrected chi connectivity index (χ2v) is 5.31. The van der Waals surface area contributed by atoms with Crippen LogP contribution in [0.4, 0.5) is 11.5 Å².